The van der Waals surface area contributed by atoms with Gasteiger partial charge in [0, 0.05) is 17.7 Å². The van der Waals surface area contributed by atoms with E-state index in [-0.39, 0.29) is 18.2 Å². The largest absolute Gasteiger partial charge is 0.455 e. The first kappa shape index (κ1) is 21.9. The number of halogens is 1. The van der Waals surface area contributed by atoms with Gasteiger partial charge < -0.3 is 15.1 Å². The van der Waals surface area contributed by atoms with Crippen LogP contribution in [0.2, 0.25) is 5.02 Å². The molecule has 0 saturated carbocycles. The number of thioether (sulfide) groups is 1. The fourth-order valence-electron chi connectivity index (χ4n) is 2.97. The number of carbonyl (C=O) groups excluding carboxylic acids is 2. The zero-order valence-electron chi connectivity index (χ0n) is 17.0. The lowest BCUT2D eigenvalue weighted by Crippen LogP contribution is -2.28. The summed E-state index contributed by atoms with van der Waals surface area (Å²) in [6.07, 6.45) is 1.48. The predicted octanol–water partition coefficient (Wildman–Crippen LogP) is 4.86. The second-order valence-corrected chi connectivity index (χ2v) is 8.64. The summed E-state index contributed by atoms with van der Waals surface area (Å²) in [6, 6.07) is 18.4. The maximum atomic E-state index is 12.3. The Kier molecular flexibility index (Phi) is 6.72. The molecule has 2 heterocycles. The highest BCUT2D eigenvalue weighted by Gasteiger charge is 2.32. The van der Waals surface area contributed by atoms with Crippen molar-refractivity contribution >= 4 is 52.2 Å². The Labute approximate surface area is 193 Å². The number of amides is 2. The molecule has 1 atom stereocenters. The van der Waals surface area contributed by atoms with Crippen molar-refractivity contribution in [3.8, 4) is 11.3 Å². The molecule has 1 aliphatic heterocycles. The van der Waals surface area contributed by atoms with Gasteiger partial charge in [0.2, 0.25) is 11.8 Å². The lowest BCUT2D eigenvalue weighted by Gasteiger charge is -2.07. The molecule has 162 valence electrons. The molecule has 2 N–H and O–H groups in total. The zero-order valence-corrected chi connectivity index (χ0v) is 18.6. The molecule has 1 saturated heterocycles. The number of hydrogen-bond acceptors (Lipinski definition) is 6. The highest BCUT2D eigenvalue weighted by molar-refractivity contribution is 8.15. The Hall–Kier alpha value is -3.36. The van der Waals surface area contributed by atoms with E-state index in [1.54, 1.807) is 18.2 Å². The standard InChI is InChI=1S/C23H19ClN4O3S/c1-14-6-8-15(9-7-14)26-21(29)12-20-22(30)27-23(32-20)28-25-13-16-10-11-19(31-16)17-4-2-3-5-18(17)24/h2-11,13,20H,12H2,1H3,(H,26,29)(H,27,28,30)/b25-13+. The van der Waals surface area contributed by atoms with Crippen molar-refractivity contribution < 1.29 is 14.0 Å². The van der Waals surface area contributed by atoms with Crippen LogP contribution in [0.25, 0.3) is 11.3 Å². The number of anilines is 1. The lowest BCUT2D eigenvalue weighted by atomic mass is 10.2. The van der Waals surface area contributed by atoms with Crippen molar-refractivity contribution in [3.63, 3.8) is 0 Å². The molecule has 0 radical (unpaired) electrons. The van der Waals surface area contributed by atoms with E-state index in [9.17, 15) is 9.59 Å². The Morgan fingerprint density at radius 1 is 1.19 bits per heavy atom. The molecule has 1 fully saturated rings. The molecule has 2 amide bonds. The first-order valence-electron chi connectivity index (χ1n) is 9.78. The normalized spacial score (nSPS) is 17.1. The van der Waals surface area contributed by atoms with Gasteiger partial charge in [0.15, 0.2) is 5.17 Å². The minimum Gasteiger partial charge on any atom is -0.455 e. The summed E-state index contributed by atoms with van der Waals surface area (Å²) < 4.78 is 5.72. The third-order valence-corrected chi connectivity index (χ3v) is 5.98. The van der Waals surface area contributed by atoms with E-state index in [1.165, 1.54) is 18.0 Å². The molecule has 1 unspecified atom stereocenters. The van der Waals surface area contributed by atoms with Crippen LogP contribution in [-0.2, 0) is 9.59 Å². The molecule has 0 spiro atoms. The topological polar surface area (TPSA) is 96.1 Å². The van der Waals surface area contributed by atoms with Crippen molar-refractivity contribution in [2.75, 3.05) is 5.32 Å². The van der Waals surface area contributed by atoms with Crippen LogP contribution in [0, 0.1) is 6.92 Å². The molecule has 1 aromatic heterocycles. The van der Waals surface area contributed by atoms with Gasteiger partial charge in [-0.3, -0.25) is 9.59 Å². The number of hydrogen-bond donors (Lipinski definition) is 2. The molecule has 3 aromatic rings. The van der Waals surface area contributed by atoms with Gasteiger partial charge in [0.1, 0.15) is 16.8 Å². The van der Waals surface area contributed by atoms with Crippen molar-refractivity contribution in [3.05, 3.63) is 77.0 Å². The second kappa shape index (κ2) is 9.84. The monoisotopic (exact) mass is 466 g/mol. The minimum atomic E-state index is -0.565. The number of nitrogens with one attached hydrogen (secondary N) is 2. The van der Waals surface area contributed by atoms with E-state index in [1.807, 2.05) is 49.4 Å². The van der Waals surface area contributed by atoms with Gasteiger partial charge in [0.25, 0.3) is 0 Å². The van der Waals surface area contributed by atoms with E-state index in [4.69, 9.17) is 16.0 Å². The summed E-state index contributed by atoms with van der Waals surface area (Å²) in [5.41, 5.74) is 2.58. The van der Waals surface area contributed by atoms with Crippen LogP contribution in [0.3, 0.4) is 0 Å². The van der Waals surface area contributed by atoms with Crippen LogP contribution in [-0.4, -0.2) is 28.4 Å². The summed E-state index contributed by atoms with van der Waals surface area (Å²) in [5.74, 6) is 0.594. The SMILES string of the molecule is Cc1ccc(NC(=O)CC2S/C(=N\N=C\c3ccc(-c4ccccc4Cl)o3)NC2=O)cc1. The summed E-state index contributed by atoms with van der Waals surface area (Å²) in [6.45, 7) is 1.97. The Morgan fingerprint density at radius 2 is 1.97 bits per heavy atom. The predicted molar refractivity (Wildman–Crippen MR) is 128 cm³/mol. The van der Waals surface area contributed by atoms with Gasteiger partial charge in [-0.15, -0.1) is 5.10 Å². The highest BCUT2D eigenvalue weighted by atomic mass is 35.5. The lowest BCUT2D eigenvalue weighted by molar-refractivity contribution is -0.122. The number of nitrogens with zero attached hydrogens (tertiary/aromatic N) is 2. The van der Waals surface area contributed by atoms with Crippen molar-refractivity contribution in [2.24, 2.45) is 10.2 Å². The molecule has 4 rings (SSSR count). The first-order chi connectivity index (χ1) is 15.5. The van der Waals surface area contributed by atoms with E-state index < -0.39 is 5.25 Å². The van der Waals surface area contributed by atoms with E-state index >= 15 is 0 Å². The first-order valence-corrected chi connectivity index (χ1v) is 11.0. The number of aryl methyl sites for hydroxylation is 1. The maximum absolute atomic E-state index is 12.3. The molecular formula is C23H19ClN4O3S. The molecule has 2 aromatic carbocycles. The third-order valence-electron chi connectivity index (χ3n) is 4.58. The van der Waals surface area contributed by atoms with Gasteiger partial charge >= 0.3 is 0 Å². The van der Waals surface area contributed by atoms with Crippen LogP contribution in [0.1, 0.15) is 17.7 Å². The zero-order chi connectivity index (χ0) is 22.5. The third kappa shape index (κ3) is 5.46. The Bertz CT molecular complexity index is 1200. The van der Waals surface area contributed by atoms with E-state index in [2.05, 4.69) is 20.8 Å². The molecule has 32 heavy (non-hydrogen) atoms. The second-order valence-electron chi connectivity index (χ2n) is 7.05. The fourth-order valence-corrected chi connectivity index (χ4v) is 4.12. The molecule has 9 heteroatoms. The Balaban J connectivity index is 1.33. The van der Waals surface area contributed by atoms with Crippen molar-refractivity contribution in [1.82, 2.24) is 5.32 Å². The van der Waals surface area contributed by atoms with Crippen LogP contribution >= 0.6 is 23.4 Å². The average Bonchev–Trinajstić information content (AvgIpc) is 3.37. The summed E-state index contributed by atoms with van der Waals surface area (Å²) in [5, 5.41) is 13.8. The number of rotatable bonds is 6. The molecular weight excluding hydrogens is 448 g/mol. The summed E-state index contributed by atoms with van der Waals surface area (Å²) >= 11 is 7.35. The molecule has 0 aliphatic carbocycles. The molecule has 7 nitrogen and oxygen atoms in total. The maximum Gasteiger partial charge on any atom is 0.240 e. The van der Waals surface area contributed by atoms with Gasteiger partial charge in [-0.2, -0.15) is 5.10 Å². The molecule has 0 bridgehead atoms. The van der Waals surface area contributed by atoms with Crippen LogP contribution in [0.5, 0.6) is 0 Å². The summed E-state index contributed by atoms with van der Waals surface area (Å²) in [4.78, 5) is 24.4. The number of benzene rings is 2. The van der Waals surface area contributed by atoms with Crippen LogP contribution in [0.15, 0.2) is 75.3 Å². The number of amidine groups is 1. The van der Waals surface area contributed by atoms with Gasteiger partial charge in [-0.1, -0.05) is 53.2 Å². The molecule has 1 aliphatic rings. The quantitative estimate of drug-likeness (QED) is 0.400. The van der Waals surface area contributed by atoms with Gasteiger partial charge in [0.05, 0.1) is 11.2 Å². The van der Waals surface area contributed by atoms with Gasteiger partial charge in [-0.25, -0.2) is 0 Å². The van der Waals surface area contributed by atoms with E-state index in [0.717, 1.165) is 11.1 Å². The van der Waals surface area contributed by atoms with Crippen molar-refractivity contribution in [1.29, 1.82) is 0 Å². The Morgan fingerprint density at radius 3 is 2.75 bits per heavy atom. The van der Waals surface area contributed by atoms with E-state index in [0.29, 0.717) is 27.4 Å². The van der Waals surface area contributed by atoms with Crippen LogP contribution < -0.4 is 10.6 Å². The fraction of sp³-hybridized carbons (Fsp3) is 0.130. The number of furan rings is 1. The average molecular weight is 467 g/mol. The minimum absolute atomic E-state index is 0.0342. The smallest absolute Gasteiger partial charge is 0.240 e. The van der Waals surface area contributed by atoms with Crippen LogP contribution in [0.4, 0.5) is 5.69 Å². The highest BCUT2D eigenvalue weighted by Crippen LogP contribution is 2.28. The van der Waals surface area contributed by atoms with Crippen molar-refractivity contribution in [2.45, 2.75) is 18.6 Å². The number of carbonyl (C=O) groups is 2. The summed E-state index contributed by atoms with van der Waals surface area (Å²) in [7, 11) is 0. The van der Waals surface area contributed by atoms with Gasteiger partial charge in [-0.05, 0) is 43.3 Å².